The van der Waals surface area contributed by atoms with E-state index in [2.05, 4.69) is 5.32 Å². The summed E-state index contributed by atoms with van der Waals surface area (Å²) in [6, 6.07) is 5.91. The summed E-state index contributed by atoms with van der Waals surface area (Å²) < 4.78 is 13.8. The fourth-order valence-corrected chi connectivity index (χ4v) is 1.79. The van der Waals surface area contributed by atoms with Gasteiger partial charge < -0.3 is 15.3 Å². The van der Waals surface area contributed by atoms with E-state index in [1.54, 1.807) is 24.1 Å². The summed E-state index contributed by atoms with van der Waals surface area (Å²) in [6.45, 7) is 1.20. The SMILES string of the molecule is CN(CCO)c1ccc(CNC2CC2)cc1F. The Balaban J connectivity index is 1.99. The third-order valence-electron chi connectivity index (χ3n) is 3.03. The van der Waals surface area contributed by atoms with Crippen molar-refractivity contribution in [1.82, 2.24) is 5.32 Å². The van der Waals surface area contributed by atoms with Gasteiger partial charge in [-0.1, -0.05) is 6.07 Å². The maximum absolute atomic E-state index is 13.8. The molecule has 0 saturated heterocycles. The Hall–Kier alpha value is -1.13. The topological polar surface area (TPSA) is 35.5 Å². The second kappa shape index (κ2) is 5.47. The summed E-state index contributed by atoms with van der Waals surface area (Å²) in [4.78, 5) is 1.72. The summed E-state index contributed by atoms with van der Waals surface area (Å²) in [5.74, 6) is -0.226. The molecule has 0 atom stereocenters. The van der Waals surface area contributed by atoms with Crippen LogP contribution in [0.15, 0.2) is 18.2 Å². The van der Waals surface area contributed by atoms with Crippen LogP contribution in [0.2, 0.25) is 0 Å². The molecule has 1 aliphatic rings. The van der Waals surface area contributed by atoms with Crippen molar-refractivity contribution < 1.29 is 9.50 Å². The number of nitrogens with one attached hydrogen (secondary N) is 1. The maximum atomic E-state index is 13.8. The first-order chi connectivity index (χ1) is 8.20. The van der Waals surface area contributed by atoms with Crippen LogP contribution in [0.1, 0.15) is 18.4 Å². The van der Waals surface area contributed by atoms with E-state index in [0.717, 1.165) is 12.1 Å². The van der Waals surface area contributed by atoms with Gasteiger partial charge in [0.2, 0.25) is 0 Å². The molecule has 0 spiro atoms. The Morgan fingerprint density at radius 2 is 2.24 bits per heavy atom. The third-order valence-corrected chi connectivity index (χ3v) is 3.03. The molecule has 0 amide bonds. The second-order valence-electron chi connectivity index (χ2n) is 4.59. The number of aliphatic hydroxyl groups is 1. The largest absolute Gasteiger partial charge is 0.395 e. The fraction of sp³-hybridized carbons (Fsp3) is 0.538. The number of rotatable bonds is 6. The summed E-state index contributed by atoms with van der Waals surface area (Å²) in [6.07, 6.45) is 2.47. The van der Waals surface area contributed by atoms with Gasteiger partial charge in [-0.25, -0.2) is 4.39 Å². The zero-order valence-corrected chi connectivity index (χ0v) is 10.1. The van der Waals surface area contributed by atoms with E-state index < -0.39 is 0 Å². The van der Waals surface area contributed by atoms with Gasteiger partial charge in [-0.3, -0.25) is 0 Å². The molecule has 1 aliphatic carbocycles. The molecule has 4 heteroatoms. The number of halogens is 1. The number of likely N-dealkylation sites (N-methyl/N-ethyl adjacent to an activating group) is 1. The van der Waals surface area contributed by atoms with Crippen LogP contribution >= 0.6 is 0 Å². The molecule has 3 nitrogen and oxygen atoms in total. The van der Waals surface area contributed by atoms with Crippen LogP contribution in [0.3, 0.4) is 0 Å². The van der Waals surface area contributed by atoms with E-state index in [0.29, 0.717) is 18.3 Å². The Bertz CT molecular complexity index is 380. The summed E-state index contributed by atoms with van der Waals surface area (Å²) in [5, 5.41) is 12.2. The highest BCUT2D eigenvalue weighted by Gasteiger charge is 2.20. The molecule has 2 N–H and O–H groups in total. The number of benzene rings is 1. The predicted octanol–water partition coefficient (Wildman–Crippen LogP) is 1.51. The average Bonchev–Trinajstić information content (AvgIpc) is 3.10. The second-order valence-corrected chi connectivity index (χ2v) is 4.59. The Kier molecular flexibility index (Phi) is 3.97. The van der Waals surface area contributed by atoms with Crippen LogP contribution < -0.4 is 10.2 Å². The molecular weight excluding hydrogens is 219 g/mol. The van der Waals surface area contributed by atoms with Crippen molar-refractivity contribution in [3.8, 4) is 0 Å². The standard InChI is InChI=1S/C13H19FN2O/c1-16(6-7-17)13-5-2-10(8-12(13)14)9-15-11-3-4-11/h2,5,8,11,15,17H,3-4,6-7,9H2,1H3. The minimum absolute atomic E-state index is 0.0287. The molecule has 1 fully saturated rings. The van der Waals surface area contributed by atoms with Crippen LogP contribution in [-0.2, 0) is 6.54 Å². The molecule has 0 bridgehead atoms. The fourth-order valence-electron chi connectivity index (χ4n) is 1.79. The number of hydrogen-bond donors (Lipinski definition) is 2. The van der Waals surface area contributed by atoms with E-state index in [1.807, 2.05) is 6.07 Å². The molecule has 0 unspecified atom stereocenters. The highest BCUT2D eigenvalue weighted by Crippen LogP contribution is 2.21. The maximum Gasteiger partial charge on any atom is 0.146 e. The Morgan fingerprint density at radius 1 is 1.47 bits per heavy atom. The first-order valence-corrected chi connectivity index (χ1v) is 6.04. The summed E-state index contributed by atoms with van der Waals surface area (Å²) >= 11 is 0. The lowest BCUT2D eigenvalue weighted by molar-refractivity contribution is 0.304. The summed E-state index contributed by atoms with van der Waals surface area (Å²) in [5.41, 5.74) is 1.50. The first-order valence-electron chi connectivity index (χ1n) is 6.04. The molecular formula is C13H19FN2O. The zero-order valence-electron chi connectivity index (χ0n) is 10.1. The van der Waals surface area contributed by atoms with Crippen molar-refractivity contribution in [3.05, 3.63) is 29.6 Å². The molecule has 0 aromatic heterocycles. The highest BCUT2D eigenvalue weighted by atomic mass is 19.1. The van der Waals surface area contributed by atoms with Crippen molar-refractivity contribution in [2.24, 2.45) is 0 Å². The molecule has 94 valence electrons. The van der Waals surface area contributed by atoms with Gasteiger partial charge in [0.25, 0.3) is 0 Å². The average molecular weight is 238 g/mol. The van der Waals surface area contributed by atoms with Crippen molar-refractivity contribution in [2.75, 3.05) is 25.1 Å². The van der Waals surface area contributed by atoms with Crippen molar-refractivity contribution in [3.63, 3.8) is 0 Å². The molecule has 1 aromatic rings. The predicted molar refractivity (Wildman–Crippen MR) is 66.6 cm³/mol. The first kappa shape index (κ1) is 12.3. The lowest BCUT2D eigenvalue weighted by atomic mass is 10.2. The van der Waals surface area contributed by atoms with Gasteiger partial charge in [-0.15, -0.1) is 0 Å². The van der Waals surface area contributed by atoms with Gasteiger partial charge in [-0.05, 0) is 30.5 Å². The van der Waals surface area contributed by atoms with Crippen LogP contribution in [0.5, 0.6) is 0 Å². The van der Waals surface area contributed by atoms with Crippen LogP contribution in [-0.4, -0.2) is 31.3 Å². The Morgan fingerprint density at radius 3 is 2.82 bits per heavy atom. The smallest absolute Gasteiger partial charge is 0.146 e. The van der Waals surface area contributed by atoms with Crippen molar-refractivity contribution in [2.45, 2.75) is 25.4 Å². The molecule has 1 aromatic carbocycles. The lowest BCUT2D eigenvalue weighted by Gasteiger charge is -2.19. The van der Waals surface area contributed by atoms with Crippen LogP contribution in [0, 0.1) is 5.82 Å². The minimum Gasteiger partial charge on any atom is -0.395 e. The van der Waals surface area contributed by atoms with Gasteiger partial charge in [-0.2, -0.15) is 0 Å². The molecule has 1 saturated carbocycles. The number of anilines is 1. The third kappa shape index (κ3) is 3.41. The van der Waals surface area contributed by atoms with Gasteiger partial charge >= 0.3 is 0 Å². The van der Waals surface area contributed by atoms with Gasteiger partial charge in [0.05, 0.1) is 12.3 Å². The monoisotopic (exact) mass is 238 g/mol. The van der Waals surface area contributed by atoms with E-state index in [4.69, 9.17) is 5.11 Å². The lowest BCUT2D eigenvalue weighted by Crippen LogP contribution is -2.22. The van der Waals surface area contributed by atoms with E-state index in [9.17, 15) is 4.39 Å². The zero-order chi connectivity index (χ0) is 12.3. The van der Waals surface area contributed by atoms with Gasteiger partial charge in [0.1, 0.15) is 5.82 Å². The molecule has 0 aliphatic heterocycles. The van der Waals surface area contributed by atoms with Gasteiger partial charge in [0.15, 0.2) is 0 Å². The molecule has 2 rings (SSSR count). The van der Waals surface area contributed by atoms with E-state index in [1.165, 1.54) is 12.8 Å². The molecule has 17 heavy (non-hydrogen) atoms. The van der Waals surface area contributed by atoms with Gasteiger partial charge in [0, 0.05) is 26.2 Å². The highest BCUT2D eigenvalue weighted by molar-refractivity contribution is 5.48. The van der Waals surface area contributed by atoms with Crippen molar-refractivity contribution in [1.29, 1.82) is 0 Å². The number of nitrogens with zero attached hydrogens (tertiary/aromatic N) is 1. The van der Waals surface area contributed by atoms with Crippen molar-refractivity contribution >= 4 is 5.69 Å². The Labute approximate surface area is 101 Å². The van der Waals surface area contributed by atoms with E-state index in [-0.39, 0.29) is 12.4 Å². The quantitative estimate of drug-likeness (QED) is 0.788. The number of hydrogen-bond acceptors (Lipinski definition) is 3. The van der Waals surface area contributed by atoms with Crippen LogP contribution in [0.25, 0.3) is 0 Å². The molecule has 0 heterocycles. The molecule has 0 radical (unpaired) electrons. The van der Waals surface area contributed by atoms with Crippen LogP contribution in [0.4, 0.5) is 10.1 Å². The summed E-state index contributed by atoms with van der Waals surface area (Å²) in [7, 11) is 1.77. The van der Waals surface area contributed by atoms with E-state index >= 15 is 0 Å². The normalized spacial score (nSPS) is 15.0. The minimum atomic E-state index is -0.226. The number of aliphatic hydroxyl groups excluding tert-OH is 1.